The first kappa shape index (κ1) is 18.2. The van der Waals surface area contributed by atoms with E-state index in [0.717, 1.165) is 5.56 Å². The van der Waals surface area contributed by atoms with Crippen molar-refractivity contribution in [3.05, 3.63) is 82.4 Å². The summed E-state index contributed by atoms with van der Waals surface area (Å²) in [5, 5.41) is 13.6. The molecular weight excluding hydrogens is 374 g/mol. The van der Waals surface area contributed by atoms with E-state index in [4.69, 9.17) is 9.15 Å². The van der Waals surface area contributed by atoms with Gasteiger partial charge in [0.15, 0.2) is 5.58 Å². The van der Waals surface area contributed by atoms with E-state index in [1.54, 1.807) is 25.3 Å². The van der Waals surface area contributed by atoms with Crippen LogP contribution in [0.1, 0.15) is 10.4 Å². The van der Waals surface area contributed by atoms with Gasteiger partial charge < -0.3 is 14.5 Å². The maximum absolute atomic E-state index is 12.4. The van der Waals surface area contributed by atoms with E-state index in [2.05, 4.69) is 10.3 Å². The summed E-state index contributed by atoms with van der Waals surface area (Å²) in [4.78, 5) is 27.2. The molecule has 8 nitrogen and oxygen atoms in total. The van der Waals surface area contributed by atoms with Crippen LogP contribution >= 0.6 is 0 Å². The van der Waals surface area contributed by atoms with Crippen LogP contribution in [0, 0.1) is 10.1 Å². The van der Waals surface area contributed by atoms with E-state index in [0.29, 0.717) is 28.4 Å². The highest BCUT2D eigenvalue weighted by molar-refractivity contribution is 6.05. The highest BCUT2D eigenvalue weighted by Gasteiger charge is 2.13. The molecule has 0 radical (unpaired) electrons. The number of hydrogen-bond acceptors (Lipinski definition) is 6. The Morgan fingerprint density at radius 3 is 2.72 bits per heavy atom. The minimum absolute atomic E-state index is 0.146. The van der Waals surface area contributed by atoms with Gasteiger partial charge in [-0.1, -0.05) is 12.1 Å². The second kappa shape index (κ2) is 7.43. The largest absolute Gasteiger partial charge is 0.497 e. The summed E-state index contributed by atoms with van der Waals surface area (Å²) in [6.45, 7) is 0. The van der Waals surface area contributed by atoms with Crippen LogP contribution in [0.2, 0.25) is 0 Å². The zero-order valence-electron chi connectivity index (χ0n) is 15.3. The van der Waals surface area contributed by atoms with Gasteiger partial charge in [0.2, 0.25) is 5.89 Å². The predicted octanol–water partition coefficient (Wildman–Crippen LogP) is 4.66. The maximum Gasteiger partial charge on any atom is 0.270 e. The lowest BCUT2D eigenvalue weighted by molar-refractivity contribution is -0.384. The molecule has 0 atom stereocenters. The van der Waals surface area contributed by atoms with E-state index < -0.39 is 10.8 Å². The van der Waals surface area contributed by atoms with Crippen molar-refractivity contribution in [3.63, 3.8) is 0 Å². The van der Waals surface area contributed by atoms with Gasteiger partial charge in [-0.15, -0.1) is 0 Å². The fourth-order valence-corrected chi connectivity index (χ4v) is 2.85. The second-order valence-corrected chi connectivity index (χ2v) is 6.20. The smallest absolute Gasteiger partial charge is 0.270 e. The number of aromatic nitrogens is 1. The fourth-order valence-electron chi connectivity index (χ4n) is 2.85. The van der Waals surface area contributed by atoms with E-state index in [1.165, 1.54) is 24.3 Å². The molecule has 8 heteroatoms. The first-order valence-electron chi connectivity index (χ1n) is 8.64. The molecule has 4 aromatic rings. The number of anilines is 1. The Labute approximate surface area is 164 Å². The van der Waals surface area contributed by atoms with Crippen molar-refractivity contribution < 1.29 is 18.9 Å². The van der Waals surface area contributed by atoms with Crippen LogP contribution in [-0.4, -0.2) is 22.9 Å². The SMILES string of the molecule is COc1cccc(-c2nc3cc(NC(=O)c4cccc([N+](=O)[O-])c4)ccc3o2)c1. The zero-order chi connectivity index (χ0) is 20.4. The van der Waals surface area contributed by atoms with Crippen LogP contribution in [-0.2, 0) is 0 Å². The Morgan fingerprint density at radius 2 is 1.93 bits per heavy atom. The summed E-state index contributed by atoms with van der Waals surface area (Å²) in [6.07, 6.45) is 0. The summed E-state index contributed by atoms with van der Waals surface area (Å²) in [6, 6.07) is 17.9. The number of carbonyl (C=O) groups excluding carboxylic acids is 1. The number of methoxy groups -OCH3 is 1. The first-order chi connectivity index (χ1) is 14.0. The van der Waals surface area contributed by atoms with Crippen molar-refractivity contribution in [2.24, 2.45) is 0 Å². The van der Waals surface area contributed by atoms with E-state index in [1.807, 2.05) is 24.3 Å². The van der Waals surface area contributed by atoms with Crippen molar-refractivity contribution >= 4 is 28.4 Å². The van der Waals surface area contributed by atoms with E-state index in [-0.39, 0.29) is 11.3 Å². The van der Waals surface area contributed by atoms with Gasteiger partial charge in [0.1, 0.15) is 11.3 Å². The molecule has 1 amide bonds. The van der Waals surface area contributed by atoms with Crippen molar-refractivity contribution in [2.75, 3.05) is 12.4 Å². The van der Waals surface area contributed by atoms with Crippen molar-refractivity contribution in [1.29, 1.82) is 0 Å². The minimum atomic E-state index is -0.543. The second-order valence-electron chi connectivity index (χ2n) is 6.20. The molecule has 29 heavy (non-hydrogen) atoms. The molecule has 3 aromatic carbocycles. The van der Waals surface area contributed by atoms with Crippen LogP contribution in [0.5, 0.6) is 5.75 Å². The molecule has 0 aliphatic heterocycles. The van der Waals surface area contributed by atoms with Crippen LogP contribution in [0.4, 0.5) is 11.4 Å². The molecule has 4 rings (SSSR count). The molecule has 0 fully saturated rings. The number of nitro benzene ring substituents is 1. The topological polar surface area (TPSA) is 108 Å². The summed E-state index contributed by atoms with van der Waals surface area (Å²) in [5.74, 6) is 0.667. The van der Waals surface area contributed by atoms with Crippen LogP contribution in [0.3, 0.4) is 0 Å². The molecular formula is C21H15N3O5. The number of hydrogen-bond donors (Lipinski definition) is 1. The number of amides is 1. The first-order valence-corrected chi connectivity index (χ1v) is 8.64. The van der Waals surface area contributed by atoms with Gasteiger partial charge in [-0.2, -0.15) is 0 Å². The number of ether oxygens (including phenoxy) is 1. The summed E-state index contributed by atoms with van der Waals surface area (Å²) >= 11 is 0. The minimum Gasteiger partial charge on any atom is -0.497 e. The lowest BCUT2D eigenvalue weighted by Gasteiger charge is -2.04. The molecule has 0 unspecified atom stereocenters. The molecule has 1 aromatic heterocycles. The molecule has 1 heterocycles. The number of fused-ring (bicyclic) bond motifs is 1. The van der Waals surface area contributed by atoms with Crippen molar-refractivity contribution in [2.45, 2.75) is 0 Å². The van der Waals surface area contributed by atoms with Gasteiger partial charge >= 0.3 is 0 Å². The number of nitrogens with zero attached hydrogens (tertiary/aromatic N) is 2. The Kier molecular flexibility index (Phi) is 4.66. The molecule has 0 aliphatic carbocycles. The predicted molar refractivity (Wildman–Crippen MR) is 107 cm³/mol. The Morgan fingerprint density at radius 1 is 1.10 bits per heavy atom. The third kappa shape index (κ3) is 3.77. The fraction of sp³-hybridized carbons (Fsp3) is 0.0476. The lowest BCUT2D eigenvalue weighted by Crippen LogP contribution is -2.12. The molecule has 0 saturated carbocycles. The van der Waals surface area contributed by atoms with Crippen molar-refractivity contribution in [1.82, 2.24) is 4.98 Å². The third-order valence-corrected chi connectivity index (χ3v) is 4.28. The van der Waals surface area contributed by atoms with Gasteiger partial charge in [0.05, 0.1) is 12.0 Å². The number of non-ortho nitro benzene ring substituents is 1. The van der Waals surface area contributed by atoms with Crippen LogP contribution in [0.25, 0.3) is 22.6 Å². The van der Waals surface area contributed by atoms with E-state index >= 15 is 0 Å². The average molecular weight is 389 g/mol. The molecule has 1 N–H and O–H groups in total. The van der Waals surface area contributed by atoms with Crippen LogP contribution in [0.15, 0.2) is 71.1 Å². The highest BCUT2D eigenvalue weighted by atomic mass is 16.6. The van der Waals surface area contributed by atoms with Gasteiger partial charge in [0, 0.05) is 28.9 Å². The zero-order valence-corrected chi connectivity index (χ0v) is 15.3. The molecule has 0 saturated heterocycles. The number of rotatable bonds is 5. The number of oxazole rings is 1. The summed E-state index contributed by atoms with van der Waals surface area (Å²) < 4.78 is 11.0. The Balaban J connectivity index is 1.60. The van der Waals surface area contributed by atoms with Gasteiger partial charge in [-0.05, 0) is 42.5 Å². The number of nitro groups is 1. The number of carbonyl (C=O) groups is 1. The normalized spacial score (nSPS) is 10.7. The van der Waals surface area contributed by atoms with Crippen molar-refractivity contribution in [3.8, 4) is 17.2 Å². The van der Waals surface area contributed by atoms with Gasteiger partial charge in [-0.25, -0.2) is 4.98 Å². The van der Waals surface area contributed by atoms with Gasteiger partial charge in [0.25, 0.3) is 11.6 Å². The van der Waals surface area contributed by atoms with E-state index in [9.17, 15) is 14.9 Å². The molecule has 0 bridgehead atoms. The lowest BCUT2D eigenvalue weighted by atomic mass is 10.2. The average Bonchev–Trinajstić information content (AvgIpc) is 3.17. The summed E-state index contributed by atoms with van der Waals surface area (Å²) in [5.41, 5.74) is 2.45. The molecule has 144 valence electrons. The quantitative estimate of drug-likeness (QED) is 0.393. The number of nitrogens with one attached hydrogen (secondary N) is 1. The third-order valence-electron chi connectivity index (χ3n) is 4.28. The standard InChI is InChI=1S/C21H15N3O5/c1-28-17-7-3-5-14(11-17)21-23-18-12-15(8-9-19(18)29-21)22-20(25)13-4-2-6-16(10-13)24(26)27/h2-12H,1H3,(H,22,25). The maximum atomic E-state index is 12.4. The van der Waals surface area contributed by atoms with Gasteiger partial charge in [-0.3, -0.25) is 14.9 Å². The monoisotopic (exact) mass is 389 g/mol. The Bertz CT molecular complexity index is 1230. The number of benzene rings is 3. The summed E-state index contributed by atoms with van der Waals surface area (Å²) in [7, 11) is 1.58. The van der Waals surface area contributed by atoms with Crippen LogP contribution < -0.4 is 10.1 Å². The molecule has 0 aliphatic rings. The highest BCUT2D eigenvalue weighted by Crippen LogP contribution is 2.28. The Hall–Kier alpha value is -4.20. The molecule has 0 spiro atoms.